The van der Waals surface area contributed by atoms with Crippen LogP contribution in [0, 0.1) is 0 Å². The molecule has 0 spiro atoms. The molecule has 0 atom stereocenters. The van der Waals surface area contributed by atoms with Gasteiger partial charge in [0.2, 0.25) is 0 Å². The first kappa shape index (κ1) is 20.7. The summed E-state index contributed by atoms with van der Waals surface area (Å²) >= 11 is 5.99. The number of halogens is 1. The second-order valence-electron chi connectivity index (χ2n) is 7.08. The maximum absolute atomic E-state index is 12.4. The highest BCUT2D eigenvalue weighted by Gasteiger charge is 2.11. The van der Waals surface area contributed by atoms with Gasteiger partial charge in [0.25, 0.3) is 0 Å². The lowest BCUT2D eigenvalue weighted by molar-refractivity contribution is 0.262. The van der Waals surface area contributed by atoms with Gasteiger partial charge in [-0.15, -0.1) is 0 Å². The Labute approximate surface area is 186 Å². The number of anilines is 2. The fourth-order valence-corrected chi connectivity index (χ4v) is 3.45. The standard InChI is InChI=1S/C25H22ClN3O2/c1-3-16-4-10-19(11-5-16)27-25(30)28-20-12-13-22-21(14-20)24(31-2)15-23(29-22)17-6-8-18(26)9-7-17/h4-15H,3H2,1-2H3,(H2,27,28,30). The van der Waals surface area contributed by atoms with E-state index in [1.54, 1.807) is 7.11 Å². The summed E-state index contributed by atoms with van der Waals surface area (Å²) in [7, 11) is 1.62. The number of aryl methyl sites for hydroxylation is 1. The maximum atomic E-state index is 12.4. The highest BCUT2D eigenvalue weighted by Crippen LogP contribution is 2.32. The second-order valence-corrected chi connectivity index (χ2v) is 7.51. The van der Waals surface area contributed by atoms with Gasteiger partial charge in [0.1, 0.15) is 5.75 Å². The van der Waals surface area contributed by atoms with Crippen molar-refractivity contribution in [2.24, 2.45) is 0 Å². The number of benzene rings is 3. The zero-order valence-corrected chi connectivity index (χ0v) is 18.0. The summed E-state index contributed by atoms with van der Waals surface area (Å²) in [6.45, 7) is 2.09. The van der Waals surface area contributed by atoms with Crippen LogP contribution < -0.4 is 15.4 Å². The molecule has 0 bridgehead atoms. The van der Waals surface area contributed by atoms with E-state index in [2.05, 4.69) is 17.6 Å². The first-order chi connectivity index (χ1) is 15.1. The smallest absolute Gasteiger partial charge is 0.323 e. The summed E-state index contributed by atoms with van der Waals surface area (Å²) in [6.07, 6.45) is 0.958. The summed E-state index contributed by atoms with van der Waals surface area (Å²) in [5.41, 5.74) is 5.11. The van der Waals surface area contributed by atoms with Crippen molar-refractivity contribution >= 4 is 39.9 Å². The number of nitrogens with one attached hydrogen (secondary N) is 2. The average molecular weight is 432 g/mol. The van der Waals surface area contributed by atoms with E-state index >= 15 is 0 Å². The number of amides is 2. The molecule has 3 aromatic carbocycles. The second kappa shape index (κ2) is 9.06. The highest BCUT2D eigenvalue weighted by molar-refractivity contribution is 6.30. The lowest BCUT2D eigenvalue weighted by Crippen LogP contribution is -2.19. The Bertz CT molecular complexity index is 1220. The molecule has 0 radical (unpaired) electrons. The van der Waals surface area contributed by atoms with Crippen molar-refractivity contribution in [2.45, 2.75) is 13.3 Å². The van der Waals surface area contributed by atoms with Crippen molar-refractivity contribution in [2.75, 3.05) is 17.7 Å². The van der Waals surface area contributed by atoms with Crippen LogP contribution in [0.4, 0.5) is 16.2 Å². The van der Waals surface area contributed by atoms with Gasteiger partial charge >= 0.3 is 6.03 Å². The molecule has 0 aliphatic heterocycles. The predicted molar refractivity (Wildman–Crippen MR) is 127 cm³/mol. The molecule has 31 heavy (non-hydrogen) atoms. The normalized spacial score (nSPS) is 10.7. The first-order valence-corrected chi connectivity index (χ1v) is 10.3. The molecule has 0 saturated carbocycles. The first-order valence-electron chi connectivity index (χ1n) is 9.97. The fraction of sp³-hybridized carbons (Fsp3) is 0.120. The van der Waals surface area contributed by atoms with Gasteiger partial charge in [-0.25, -0.2) is 9.78 Å². The van der Waals surface area contributed by atoms with Crippen LogP contribution in [0.5, 0.6) is 5.75 Å². The molecule has 6 heteroatoms. The van der Waals surface area contributed by atoms with Crippen molar-refractivity contribution in [1.82, 2.24) is 4.98 Å². The van der Waals surface area contributed by atoms with Crippen LogP contribution in [-0.2, 0) is 6.42 Å². The molecule has 0 unspecified atom stereocenters. The van der Waals surface area contributed by atoms with Crippen LogP contribution >= 0.6 is 11.6 Å². The molecule has 2 amide bonds. The van der Waals surface area contributed by atoms with Gasteiger partial charge in [-0.05, 0) is 54.4 Å². The number of nitrogens with zero attached hydrogens (tertiary/aromatic N) is 1. The van der Waals surface area contributed by atoms with E-state index in [-0.39, 0.29) is 6.03 Å². The predicted octanol–water partition coefficient (Wildman–Crippen LogP) is 6.77. The molecular weight excluding hydrogens is 410 g/mol. The van der Waals surface area contributed by atoms with E-state index in [4.69, 9.17) is 21.3 Å². The zero-order chi connectivity index (χ0) is 21.8. The largest absolute Gasteiger partial charge is 0.496 e. The molecule has 0 fully saturated rings. The lowest BCUT2D eigenvalue weighted by atomic mass is 10.1. The number of ether oxygens (including phenoxy) is 1. The molecule has 2 N–H and O–H groups in total. The Morgan fingerprint density at radius 3 is 2.29 bits per heavy atom. The van der Waals surface area contributed by atoms with Crippen molar-refractivity contribution in [3.8, 4) is 17.0 Å². The fourth-order valence-electron chi connectivity index (χ4n) is 3.33. The number of hydrogen-bond acceptors (Lipinski definition) is 3. The minimum absolute atomic E-state index is 0.312. The van der Waals surface area contributed by atoms with Crippen LogP contribution in [0.3, 0.4) is 0 Å². The third kappa shape index (κ3) is 4.78. The molecule has 1 aromatic heterocycles. The summed E-state index contributed by atoms with van der Waals surface area (Å²) < 4.78 is 5.60. The van der Waals surface area contributed by atoms with E-state index in [1.807, 2.05) is 72.8 Å². The lowest BCUT2D eigenvalue weighted by Gasteiger charge is -2.12. The topological polar surface area (TPSA) is 63.2 Å². The molecule has 0 aliphatic rings. The monoisotopic (exact) mass is 431 g/mol. The van der Waals surface area contributed by atoms with E-state index < -0.39 is 0 Å². The summed E-state index contributed by atoms with van der Waals surface area (Å²) in [4.78, 5) is 17.2. The number of hydrogen-bond donors (Lipinski definition) is 2. The number of urea groups is 1. The zero-order valence-electron chi connectivity index (χ0n) is 17.3. The number of pyridine rings is 1. The van der Waals surface area contributed by atoms with E-state index in [0.29, 0.717) is 16.5 Å². The number of aromatic nitrogens is 1. The average Bonchev–Trinajstić information content (AvgIpc) is 2.79. The van der Waals surface area contributed by atoms with Crippen LogP contribution in [-0.4, -0.2) is 18.1 Å². The van der Waals surface area contributed by atoms with Crippen molar-refractivity contribution < 1.29 is 9.53 Å². The SMILES string of the molecule is CCc1ccc(NC(=O)Nc2ccc3nc(-c4ccc(Cl)cc4)cc(OC)c3c2)cc1. The number of fused-ring (bicyclic) bond motifs is 1. The third-order valence-corrected chi connectivity index (χ3v) is 5.26. The van der Waals surface area contributed by atoms with E-state index in [1.165, 1.54) is 5.56 Å². The van der Waals surface area contributed by atoms with Crippen LogP contribution in [0.1, 0.15) is 12.5 Å². The van der Waals surface area contributed by atoms with Crippen LogP contribution in [0.2, 0.25) is 5.02 Å². The minimum atomic E-state index is -0.312. The number of carbonyl (C=O) groups excluding carboxylic acids is 1. The molecular formula is C25H22ClN3O2. The molecule has 4 rings (SSSR count). The van der Waals surface area contributed by atoms with Gasteiger partial charge in [0.05, 0.1) is 18.3 Å². The van der Waals surface area contributed by atoms with Gasteiger partial charge in [-0.2, -0.15) is 0 Å². The highest BCUT2D eigenvalue weighted by atomic mass is 35.5. The molecule has 5 nitrogen and oxygen atoms in total. The van der Waals surface area contributed by atoms with Gasteiger partial charge in [-0.1, -0.05) is 42.8 Å². The quantitative estimate of drug-likeness (QED) is 0.366. The van der Waals surface area contributed by atoms with Gasteiger partial charge in [-0.3, -0.25) is 0 Å². The van der Waals surface area contributed by atoms with Gasteiger partial charge in [0, 0.05) is 33.4 Å². The summed E-state index contributed by atoms with van der Waals surface area (Å²) in [5.74, 6) is 0.675. The summed E-state index contributed by atoms with van der Waals surface area (Å²) in [5, 5.41) is 7.20. The van der Waals surface area contributed by atoms with Crippen molar-refractivity contribution in [1.29, 1.82) is 0 Å². The molecule has 4 aromatic rings. The number of carbonyl (C=O) groups is 1. The van der Waals surface area contributed by atoms with Crippen LogP contribution in [0.25, 0.3) is 22.2 Å². The van der Waals surface area contributed by atoms with Crippen LogP contribution in [0.15, 0.2) is 72.8 Å². The maximum Gasteiger partial charge on any atom is 0.323 e. The number of rotatable bonds is 5. The van der Waals surface area contributed by atoms with E-state index in [0.717, 1.165) is 34.3 Å². The molecule has 0 aliphatic carbocycles. The van der Waals surface area contributed by atoms with Crippen molar-refractivity contribution in [3.05, 3.63) is 83.4 Å². The van der Waals surface area contributed by atoms with Crippen molar-refractivity contribution in [3.63, 3.8) is 0 Å². The molecule has 156 valence electrons. The Morgan fingerprint density at radius 1 is 0.935 bits per heavy atom. The Kier molecular flexibility index (Phi) is 6.05. The molecule has 1 heterocycles. The van der Waals surface area contributed by atoms with Gasteiger partial charge < -0.3 is 15.4 Å². The van der Waals surface area contributed by atoms with E-state index in [9.17, 15) is 4.79 Å². The number of methoxy groups -OCH3 is 1. The summed E-state index contributed by atoms with van der Waals surface area (Å²) in [6, 6.07) is 22.4. The van der Waals surface area contributed by atoms with Gasteiger partial charge in [0.15, 0.2) is 0 Å². The Morgan fingerprint density at radius 2 is 1.61 bits per heavy atom. The molecule has 0 saturated heterocycles. The Hall–Kier alpha value is -3.57. The minimum Gasteiger partial charge on any atom is -0.496 e. The third-order valence-electron chi connectivity index (χ3n) is 5.01. The Balaban J connectivity index is 1.57.